The molecule has 0 spiro atoms. The number of nitrogens with one attached hydrogen (secondary N) is 2. The number of hydrogen-bond acceptors (Lipinski definition) is 5. The van der Waals surface area contributed by atoms with Crippen LogP contribution in [-0.4, -0.2) is 32.2 Å². The van der Waals surface area contributed by atoms with Crippen molar-refractivity contribution in [1.82, 2.24) is 25.1 Å². The summed E-state index contributed by atoms with van der Waals surface area (Å²) >= 11 is 0. The van der Waals surface area contributed by atoms with Gasteiger partial charge in [-0.3, -0.25) is 10.1 Å². The van der Waals surface area contributed by atoms with Crippen LogP contribution in [0.2, 0.25) is 0 Å². The van der Waals surface area contributed by atoms with E-state index in [1.165, 1.54) is 0 Å². The summed E-state index contributed by atoms with van der Waals surface area (Å²) < 4.78 is 0. The number of aromatic nitrogens is 5. The molecule has 0 atom stereocenters. The van der Waals surface area contributed by atoms with Crippen LogP contribution >= 0.6 is 0 Å². The molecule has 4 aromatic rings. The van der Waals surface area contributed by atoms with Crippen molar-refractivity contribution in [2.24, 2.45) is 0 Å². The standard InChI is InChI=1S/C15H12N6/c1-16-15-19-13(11-8-18-21-14(11)20-15)10-6-2-4-9-5-3-7-17-12(9)10/h2-8H,1H3,(H2,16,18,19,20,21). The van der Waals surface area contributed by atoms with E-state index in [-0.39, 0.29) is 0 Å². The van der Waals surface area contributed by atoms with Crippen molar-refractivity contribution in [3.8, 4) is 11.3 Å². The van der Waals surface area contributed by atoms with E-state index in [0.29, 0.717) is 11.6 Å². The highest BCUT2D eigenvalue weighted by Crippen LogP contribution is 2.30. The topological polar surface area (TPSA) is 79.4 Å². The first-order valence-corrected chi connectivity index (χ1v) is 6.60. The van der Waals surface area contributed by atoms with Crippen LogP contribution < -0.4 is 5.32 Å². The van der Waals surface area contributed by atoms with E-state index in [4.69, 9.17) is 0 Å². The average molecular weight is 276 g/mol. The first-order chi connectivity index (χ1) is 10.4. The number of H-pyrrole nitrogens is 1. The Hall–Kier alpha value is -3.02. The van der Waals surface area contributed by atoms with Gasteiger partial charge in [-0.1, -0.05) is 24.3 Å². The van der Waals surface area contributed by atoms with Gasteiger partial charge in [0.25, 0.3) is 0 Å². The maximum Gasteiger partial charge on any atom is 0.225 e. The van der Waals surface area contributed by atoms with Crippen LogP contribution in [0, 0.1) is 0 Å². The number of hydrogen-bond donors (Lipinski definition) is 2. The van der Waals surface area contributed by atoms with Crippen molar-refractivity contribution >= 4 is 27.9 Å². The molecule has 0 saturated carbocycles. The zero-order chi connectivity index (χ0) is 14.2. The van der Waals surface area contributed by atoms with E-state index < -0.39 is 0 Å². The molecule has 6 nitrogen and oxygen atoms in total. The Labute approximate surface area is 120 Å². The third-order valence-corrected chi connectivity index (χ3v) is 3.42. The van der Waals surface area contributed by atoms with Crippen LogP contribution in [0.15, 0.2) is 42.7 Å². The Balaban J connectivity index is 2.11. The molecule has 0 radical (unpaired) electrons. The van der Waals surface area contributed by atoms with E-state index in [1.807, 2.05) is 30.3 Å². The quantitative estimate of drug-likeness (QED) is 0.588. The molecule has 0 fully saturated rings. The fraction of sp³-hybridized carbons (Fsp3) is 0.0667. The molecule has 6 heteroatoms. The Morgan fingerprint density at radius 2 is 2.00 bits per heavy atom. The summed E-state index contributed by atoms with van der Waals surface area (Å²) in [5, 5.41) is 11.9. The molecule has 0 aliphatic heterocycles. The zero-order valence-electron chi connectivity index (χ0n) is 11.3. The first-order valence-electron chi connectivity index (χ1n) is 6.60. The summed E-state index contributed by atoms with van der Waals surface area (Å²) in [7, 11) is 1.79. The lowest BCUT2D eigenvalue weighted by atomic mass is 10.1. The highest BCUT2D eigenvalue weighted by Gasteiger charge is 2.13. The van der Waals surface area contributed by atoms with E-state index in [2.05, 4.69) is 30.5 Å². The molecule has 102 valence electrons. The minimum absolute atomic E-state index is 0.551. The number of anilines is 1. The molecular weight excluding hydrogens is 264 g/mol. The predicted octanol–water partition coefficient (Wildman–Crippen LogP) is 2.61. The molecule has 0 aliphatic rings. The maximum absolute atomic E-state index is 4.59. The van der Waals surface area contributed by atoms with Crippen molar-refractivity contribution in [1.29, 1.82) is 0 Å². The monoisotopic (exact) mass is 276 g/mol. The molecule has 1 aromatic carbocycles. The van der Waals surface area contributed by atoms with E-state index >= 15 is 0 Å². The summed E-state index contributed by atoms with van der Waals surface area (Å²) in [6, 6.07) is 10.0. The number of benzene rings is 1. The highest BCUT2D eigenvalue weighted by atomic mass is 15.2. The summed E-state index contributed by atoms with van der Waals surface area (Å²) in [6.45, 7) is 0. The first kappa shape index (κ1) is 11.8. The summed E-state index contributed by atoms with van der Waals surface area (Å²) in [5.41, 5.74) is 3.42. The number of rotatable bonds is 2. The third kappa shape index (κ3) is 1.80. The summed E-state index contributed by atoms with van der Waals surface area (Å²) in [6.07, 6.45) is 3.53. The number of aromatic amines is 1. The van der Waals surface area contributed by atoms with E-state index in [1.54, 1.807) is 19.4 Å². The van der Waals surface area contributed by atoms with Gasteiger partial charge in [-0.05, 0) is 6.07 Å². The molecule has 4 rings (SSSR count). The number of pyridine rings is 1. The number of nitrogens with zero attached hydrogens (tertiary/aromatic N) is 4. The second-order valence-corrected chi connectivity index (χ2v) is 4.66. The van der Waals surface area contributed by atoms with Crippen LogP contribution in [0.4, 0.5) is 5.95 Å². The Kier molecular flexibility index (Phi) is 2.53. The molecule has 0 aliphatic carbocycles. The van der Waals surface area contributed by atoms with Crippen molar-refractivity contribution in [2.75, 3.05) is 12.4 Å². The molecule has 0 saturated heterocycles. The predicted molar refractivity (Wildman–Crippen MR) is 82.0 cm³/mol. The lowest BCUT2D eigenvalue weighted by Crippen LogP contribution is -1.99. The van der Waals surface area contributed by atoms with Gasteiger partial charge in [0.15, 0.2) is 5.65 Å². The van der Waals surface area contributed by atoms with Gasteiger partial charge in [-0.15, -0.1) is 0 Å². The largest absolute Gasteiger partial charge is 0.357 e. The molecule has 3 heterocycles. The fourth-order valence-electron chi connectivity index (χ4n) is 2.45. The van der Waals surface area contributed by atoms with Crippen molar-refractivity contribution in [2.45, 2.75) is 0 Å². The van der Waals surface area contributed by atoms with Gasteiger partial charge in [-0.25, -0.2) is 4.98 Å². The highest BCUT2D eigenvalue weighted by molar-refractivity contribution is 6.00. The molecular formula is C15H12N6. The van der Waals surface area contributed by atoms with Gasteiger partial charge in [-0.2, -0.15) is 10.1 Å². The van der Waals surface area contributed by atoms with Crippen LogP contribution in [0.1, 0.15) is 0 Å². The lowest BCUT2D eigenvalue weighted by Gasteiger charge is -2.07. The molecule has 0 amide bonds. The Bertz CT molecular complexity index is 938. The SMILES string of the molecule is CNc1nc(-c2cccc3cccnc23)c2cn[nH]c2n1. The zero-order valence-corrected chi connectivity index (χ0v) is 11.3. The normalized spacial score (nSPS) is 11.1. The van der Waals surface area contributed by atoms with E-state index in [9.17, 15) is 0 Å². The van der Waals surface area contributed by atoms with Gasteiger partial charge in [0, 0.05) is 24.2 Å². The lowest BCUT2D eigenvalue weighted by molar-refractivity contribution is 1.09. The molecule has 0 bridgehead atoms. The second-order valence-electron chi connectivity index (χ2n) is 4.66. The minimum atomic E-state index is 0.551. The number of fused-ring (bicyclic) bond motifs is 2. The van der Waals surface area contributed by atoms with Gasteiger partial charge >= 0.3 is 0 Å². The van der Waals surface area contributed by atoms with Gasteiger partial charge in [0.1, 0.15) is 0 Å². The Morgan fingerprint density at radius 1 is 1.10 bits per heavy atom. The second kappa shape index (κ2) is 4.52. The smallest absolute Gasteiger partial charge is 0.225 e. The van der Waals surface area contributed by atoms with Crippen molar-refractivity contribution in [3.05, 3.63) is 42.7 Å². The molecule has 0 unspecified atom stereocenters. The van der Waals surface area contributed by atoms with Crippen molar-refractivity contribution in [3.63, 3.8) is 0 Å². The summed E-state index contributed by atoms with van der Waals surface area (Å²) in [4.78, 5) is 13.4. The third-order valence-electron chi connectivity index (χ3n) is 3.42. The molecule has 2 N–H and O–H groups in total. The number of para-hydroxylation sites is 1. The van der Waals surface area contributed by atoms with Gasteiger partial charge < -0.3 is 5.32 Å². The van der Waals surface area contributed by atoms with E-state index in [0.717, 1.165) is 27.5 Å². The maximum atomic E-state index is 4.59. The van der Waals surface area contributed by atoms with Gasteiger partial charge in [0.2, 0.25) is 5.95 Å². The minimum Gasteiger partial charge on any atom is -0.357 e. The molecule has 3 aromatic heterocycles. The van der Waals surface area contributed by atoms with Crippen LogP contribution in [-0.2, 0) is 0 Å². The average Bonchev–Trinajstić information content (AvgIpc) is 3.02. The Morgan fingerprint density at radius 3 is 2.90 bits per heavy atom. The summed E-state index contributed by atoms with van der Waals surface area (Å²) in [5.74, 6) is 0.551. The van der Waals surface area contributed by atoms with Crippen molar-refractivity contribution < 1.29 is 0 Å². The van der Waals surface area contributed by atoms with Crippen LogP contribution in [0.5, 0.6) is 0 Å². The van der Waals surface area contributed by atoms with Crippen LogP contribution in [0.25, 0.3) is 33.2 Å². The van der Waals surface area contributed by atoms with Gasteiger partial charge in [0.05, 0.1) is 22.8 Å². The fourth-order valence-corrected chi connectivity index (χ4v) is 2.45. The van der Waals surface area contributed by atoms with Crippen LogP contribution in [0.3, 0.4) is 0 Å². The molecule has 21 heavy (non-hydrogen) atoms.